The van der Waals surface area contributed by atoms with Crippen molar-refractivity contribution in [2.75, 3.05) is 31.2 Å². The summed E-state index contributed by atoms with van der Waals surface area (Å²) in [6, 6.07) is 12.1. The van der Waals surface area contributed by atoms with E-state index in [9.17, 15) is 19.1 Å². The van der Waals surface area contributed by atoms with E-state index in [1.54, 1.807) is 30.3 Å². The fraction of sp³-hybridized carbons (Fsp3) is 0.300. The van der Waals surface area contributed by atoms with Crippen LogP contribution in [0.15, 0.2) is 48.5 Å². The topological polar surface area (TPSA) is 78.9 Å². The number of anilines is 1. The van der Waals surface area contributed by atoms with Crippen LogP contribution in [0.4, 0.5) is 10.1 Å². The number of hydrogen-bond acceptors (Lipinski definition) is 4. The highest BCUT2D eigenvalue weighted by Crippen LogP contribution is 2.21. The Morgan fingerprint density at radius 1 is 1.15 bits per heavy atom. The molecule has 2 aromatic rings. The van der Waals surface area contributed by atoms with Gasteiger partial charge in [0.1, 0.15) is 11.9 Å². The minimum absolute atomic E-state index is 0.0869. The molecule has 1 aliphatic rings. The number of rotatable bonds is 6. The molecule has 0 radical (unpaired) electrons. The zero-order valence-corrected chi connectivity index (χ0v) is 14.7. The molecule has 27 heavy (non-hydrogen) atoms. The van der Waals surface area contributed by atoms with Crippen LogP contribution in [-0.2, 0) is 16.0 Å². The number of nitrogens with zero attached hydrogens (tertiary/aromatic N) is 1. The van der Waals surface area contributed by atoms with Gasteiger partial charge in [-0.1, -0.05) is 30.3 Å². The average molecular weight is 372 g/mol. The van der Waals surface area contributed by atoms with Crippen molar-refractivity contribution in [3.63, 3.8) is 0 Å². The predicted octanol–water partition coefficient (Wildman–Crippen LogP) is 2.09. The zero-order valence-electron chi connectivity index (χ0n) is 14.7. The Morgan fingerprint density at radius 2 is 1.85 bits per heavy atom. The molecule has 1 amide bonds. The molecule has 0 aliphatic carbocycles. The molecular formula is C20H21FN2O4. The van der Waals surface area contributed by atoms with Gasteiger partial charge in [0.2, 0.25) is 0 Å². The van der Waals surface area contributed by atoms with E-state index >= 15 is 0 Å². The van der Waals surface area contributed by atoms with Crippen LogP contribution in [0.5, 0.6) is 0 Å². The van der Waals surface area contributed by atoms with E-state index in [2.05, 4.69) is 5.32 Å². The molecule has 142 valence electrons. The predicted molar refractivity (Wildman–Crippen MR) is 98.5 cm³/mol. The number of morpholine rings is 1. The lowest BCUT2D eigenvalue weighted by molar-refractivity contribution is -0.139. The van der Waals surface area contributed by atoms with Crippen LogP contribution >= 0.6 is 0 Å². The number of hydrogen-bond donors (Lipinski definition) is 2. The third-order valence-corrected chi connectivity index (χ3v) is 4.45. The van der Waals surface area contributed by atoms with Gasteiger partial charge in [0.25, 0.3) is 5.91 Å². The molecule has 1 heterocycles. The monoisotopic (exact) mass is 372 g/mol. The molecule has 6 nitrogen and oxygen atoms in total. The fourth-order valence-corrected chi connectivity index (χ4v) is 3.00. The number of halogens is 1. The normalized spacial score (nSPS) is 15.2. The van der Waals surface area contributed by atoms with Gasteiger partial charge < -0.3 is 20.1 Å². The number of carboxylic acid groups (broad SMARTS) is 1. The highest BCUT2D eigenvalue weighted by atomic mass is 19.1. The second-order valence-corrected chi connectivity index (χ2v) is 6.32. The molecule has 2 aromatic carbocycles. The number of ether oxygens (including phenoxy) is 1. The lowest BCUT2D eigenvalue weighted by Gasteiger charge is -2.29. The van der Waals surface area contributed by atoms with Crippen LogP contribution in [0.2, 0.25) is 0 Å². The van der Waals surface area contributed by atoms with Gasteiger partial charge in [0.15, 0.2) is 0 Å². The summed E-state index contributed by atoms with van der Waals surface area (Å²) < 4.78 is 19.7. The number of nitrogens with one attached hydrogen (secondary N) is 1. The molecular weight excluding hydrogens is 351 g/mol. The molecule has 1 aliphatic heterocycles. The third-order valence-electron chi connectivity index (χ3n) is 4.45. The summed E-state index contributed by atoms with van der Waals surface area (Å²) in [6.45, 7) is 2.23. The first-order valence-electron chi connectivity index (χ1n) is 8.74. The smallest absolute Gasteiger partial charge is 0.326 e. The summed E-state index contributed by atoms with van der Waals surface area (Å²) in [5.41, 5.74) is 1.29. The van der Waals surface area contributed by atoms with E-state index in [-0.39, 0.29) is 12.0 Å². The number of carbonyl (C=O) groups is 2. The van der Waals surface area contributed by atoms with E-state index in [0.29, 0.717) is 32.0 Å². The number of amides is 1. The Balaban J connectivity index is 1.70. The largest absolute Gasteiger partial charge is 0.480 e. The number of carbonyl (C=O) groups excluding carboxylic acids is 1. The molecule has 0 saturated carbocycles. The van der Waals surface area contributed by atoms with Gasteiger partial charge in [-0.15, -0.1) is 0 Å². The third kappa shape index (κ3) is 4.83. The van der Waals surface area contributed by atoms with Gasteiger partial charge in [-0.05, 0) is 23.8 Å². The quantitative estimate of drug-likeness (QED) is 0.812. The van der Waals surface area contributed by atoms with E-state index in [1.165, 1.54) is 6.07 Å². The summed E-state index contributed by atoms with van der Waals surface area (Å²) >= 11 is 0. The van der Waals surface area contributed by atoms with Gasteiger partial charge in [-0.25, -0.2) is 9.18 Å². The van der Waals surface area contributed by atoms with Gasteiger partial charge in [-0.2, -0.15) is 0 Å². The van der Waals surface area contributed by atoms with Crippen molar-refractivity contribution >= 4 is 17.6 Å². The maximum absolute atomic E-state index is 14.5. The SMILES string of the molecule is O=C(N[C@@H](Cc1ccccc1)C(=O)O)c1ccc(N2CCOCC2)c(F)c1. The second kappa shape index (κ2) is 8.64. The summed E-state index contributed by atoms with van der Waals surface area (Å²) in [5.74, 6) is -2.28. The van der Waals surface area contributed by atoms with Gasteiger partial charge in [-0.3, -0.25) is 4.79 Å². The first-order chi connectivity index (χ1) is 13.0. The summed E-state index contributed by atoms with van der Waals surface area (Å²) in [5, 5.41) is 11.9. The molecule has 1 saturated heterocycles. The summed E-state index contributed by atoms with van der Waals surface area (Å²) in [7, 11) is 0. The van der Waals surface area contributed by atoms with E-state index in [1.807, 2.05) is 11.0 Å². The Kier molecular flexibility index (Phi) is 6.03. The van der Waals surface area contributed by atoms with E-state index in [0.717, 1.165) is 11.6 Å². The van der Waals surface area contributed by atoms with Crippen molar-refractivity contribution in [1.29, 1.82) is 0 Å². The van der Waals surface area contributed by atoms with Crippen LogP contribution in [-0.4, -0.2) is 49.3 Å². The standard InChI is InChI=1S/C20H21FN2O4/c21-16-13-15(6-7-18(16)23-8-10-27-11-9-23)19(24)22-17(20(25)26)12-14-4-2-1-3-5-14/h1-7,13,17H,8-12H2,(H,22,24)(H,25,26)/t17-/m0/s1. The lowest BCUT2D eigenvalue weighted by Crippen LogP contribution is -2.42. The summed E-state index contributed by atoms with van der Waals surface area (Å²) in [4.78, 5) is 25.8. The van der Waals surface area contributed by atoms with Crippen LogP contribution in [0.3, 0.4) is 0 Å². The maximum atomic E-state index is 14.5. The fourth-order valence-electron chi connectivity index (χ4n) is 3.00. The molecule has 1 fully saturated rings. The first kappa shape index (κ1) is 18.8. The summed E-state index contributed by atoms with van der Waals surface area (Å²) in [6.07, 6.45) is 0.149. The Bertz CT molecular complexity index is 807. The molecule has 3 rings (SSSR count). The average Bonchev–Trinajstić information content (AvgIpc) is 2.68. The molecule has 0 aromatic heterocycles. The van der Waals surface area contributed by atoms with Crippen molar-refractivity contribution in [1.82, 2.24) is 5.32 Å². The van der Waals surface area contributed by atoms with Crippen molar-refractivity contribution in [2.24, 2.45) is 0 Å². The molecule has 2 N–H and O–H groups in total. The van der Waals surface area contributed by atoms with E-state index < -0.39 is 23.7 Å². The molecule has 7 heteroatoms. The zero-order chi connectivity index (χ0) is 19.2. The molecule has 0 unspecified atom stereocenters. The Hall–Kier alpha value is -2.93. The van der Waals surface area contributed by atoms with Crippen LogP contribution in [0.25, 0.3) is 0 Å². The maximum Gasteiger partial charge on any atom is 0.326 e. The highest BCUT2D eigenvalue weighted by molar-refractivity contribution is 5.97. The van der Waals surface area contributed by atoms with Crippen molar-refractivity contribution < 1.29 is 23.8 Å². The minimum Gasteiger partial charge on any atom is -0.480 e. The van der Waals surface area contributed by atoms with Gasteiger partial charge >= 0.3 is 5.97 Å². The van der Waals surface area contributed by atoms with Gasteiger partial charge in [0.05, 0.1) is 18.9 Å². The number of benzene rings is 2. The molecule has 0 spiro atoms. The van der Waals surface area contributed by atoms with Crippen molar-refractivity contribution in [3.8, 4) is 0 Å². The Labute approximate surface area is 156 Å². The molecule has 1 atom stereocenters. The van der Waals surface area contributed by atoms with Gasteiger partial charge in [0, 0.05) is 25.1 Å². The van der Waals surface area contributed by atoms with Crippen molar-refractivity contribution in [3.05, 3.63) is 65.5 Å². The van der Waals surface area contributed by atoms with Crippen molar-refractivity contribution in [2.45, 2.75) is 12.5 Å². The Morgan fingerprint density at radius 3 is 2.48 bits per heavy atom. The second-order valence-electron chi connectivity index (χ2n) is 6.32. The van der Waals surface area contributed by atoms with Crippen LogP contribution in [0, 0.1) is 5.82 Å². The minimum atomic E-state index is -1.14. The van der Waals surface area contributed by atoms with Crippen LogP contribution < -0.4 is 10.2 Å². The number of carboxylic acids is 1. The highest BCUT2D eigenvalue weighted by Gasteiger charge is 2.22. The number of aliphatic carboxylic acids is 1. The molecule has 0 bridgehead atoms. The lowest BCUT2D eigenvalue weighted by atomic mass is 10.1. The van der Waals surface area contributed by atoms with E-state index in [4.69, 9.17) is 4.74 Å². The first-order valence-corrected chi connectivity index (χ1v) is 8.74. The van der Waals surface area contributed by atoms with Crippen LogP contribution in [0.1, 0.15) is 15.9 Å².